The molecule has 0 heterocycles. The number of rotatable bonds is 6. The van der Waals surface area contributed by atoms with E-state index in [1.807, 2.05) is 0 Å². The van der Waals surface area contributed by atoms with Crippen molar-refractivity contribution in [2.75, 3.05) is 5.75 Å². The fourth-order valence-electron chi connectivity index (χ4n) is 2.03. The number of carbonyl (C=O) groups excluding carboxylic acids is 1. The molecule has 0 saturated heterocycles. The van der Waals surface area contributed by atoms with Crippen LogP contribution >= 0.6 is 11.8 Å². The van der Waals surface area contributed by atoms with Crippen LogP contribution < -0.4 is 5.32 Å². The number of halogens is 2. The first-order valence-electron chi connectivity index (χ1n) is 6.98. The van der Waals surface area contributed by atoms with Crippen LogP contribution in [0.2, 0.25) is 0 Å². The Balaban J connectivity index is 1.89. The molecule has 0 spiro atoms. The van der Waals surface area contributed by atoms with Gasteiger partial charge >= 0.3 is 0 Å². The van der Waals surface area contributed by atoms with Crippen molar-refractivity contribution in [3.8, 4) is 0 Å². The van der Waals surface area contributed by atoms with E-state index in [9.17, 15) is 23.7 Å². The van der Waals surface area contributed by atoms with Gasteiger partial charge in [0.2, 0.25) is 5.91 Å². The first-order valence-corrected chi connectivity index (χ1v) is 7.97. The molecule has 0 aliphatic carbocycles. The predicted octanol–water partition coefficient (Wildman–Crippen LogP) is 3.84. The zero-order valence-corrected chi connectivity index (χ0v) is 13.5. The van der Waals surface area contributed by atoms with Crippen molar-refractivity contribution in [3.63, 3.8) is 0 Å². The third kappa shape index (κ3) is 4.76. The standard InChI is InChI=1S/C16H14F2N2O3S/c1-10(14-7-2-11(17)8-15(14)18)19-16(21)9-24-13-5-3-12(4-6-13)20(22)23/h2-8,10H,9H2,1H3,(H,19,21)/t10-/m1/s1. The molecular formula is C16H14F2N2O3S. The summed E-state index contributed by atoms with van der Waals surface area (Å²) in [7, 11) is 0. The fourth-order valence-corrected chi connectivity index (χ4v) is 2.74. The van der Waals surface area contributed by atoms with Crippen LogP contribution in [0.25, 0.3) is 0 Å². The van der Waals surface area contributed by atoms with Crippen LogP contribution in [0.15, 0.2) is 47.4 Å². The van der Waals surface area contributed by atoms with Crippen LogP contribution in [0, 0.1) is 21.7 Å². The summed E-state index contributed by atoms with van der Waals surface area (Å²) in [5, 5.41) is 13.2. The third-order valence-electron chi connectivity index (χ3n) is 3.22. The minimum absolute atomic E-state index is 0.0239. The lowest BCUT2D eigenvalue weighted by atomic mass is 10.1. The molecule has 1 amide bonds. The lowest BCUT2D eigenvalue weighted by Crippen LogP contribution is -2.28. The van der Waals surface area contributed by atoms with Gasteiger partial charge in [-0.25, -0.2) is 8.78 Å². The molecule has 0 bridgehead atoms. The topological polar surface area (TPSA) is 72.2 Å². The van der Waals surface area contributed by atoms with E-state index in [1.165, 1.54) is 30.0 Å². The molecule has 2 rings (SSSR count). The van der Waals surface area contributed by atoms with Crippen LogP contribution in [0.1, 0.15) is 18.5 Å². The molecule has 1 N–H and O–H groups in total. The van der Waals surface area contributed by atoms with E-state index >= 15 is 0 Å². The number of hydrogen-bond acceptors (Lipinski definition) is 4. The first kappa shape index (κ1) is 17.9. The third-order valence-corrected chi connectivity index (χ3v) is 4.24. The molecule has 0 aliphatic heterocycles. The van der Waals surface area contributed by atoms with Gasteiger partial charge in [0.1, 0.15) is 11.6 Å². The Morgan fingerprint density at radius 1 is 1.25 bits per heavy atom. The Labute approximate surface area is 141 Å². The smallest absolute Gasteiger partial charge is 0.269 e. The summed E-state index contributed by atoms with van der Waals surface area (Å²) in [5.74, 6) is -1.64. The Kier molecular flexibility index (Phi) is 5.86. The molecule has 0 aliphatic rings. The van der Waals surface area contributed by atoms with Gasteiger partial charge in [-0.05, 0) is 25.1 Å². The Morgan fingerprint density at radius 2 is 1.92 bits per heavy atom. The zero-order chi connectivity index (χ0) is 17.7. The lowest BCUT2D eigenvalue weighted by Gasteiger charge is -2.15. The van der Waals surface area contributed by atoms with Crippen LogP contribution in [-0.4, -0.2) is 16.6 Å². The van der Waals surface area contributed by atoms with E-state index in [0.29, 0.717) is 4.90 Å². The van der Waals surface area contributed by atoms with Crippen LogP contribution in [0.3, 0.4) is 0 Å². The second-order valence-corrected chi connectivity index (χ2v) is 6.04. The summed E-state index contributed by atoms with van der Waals surface area (Å²) in [6.45, 7) is 1.60. The van der Waals surface area contributed by atoms with E-state index in [4.69, 9.17) is 0 Å². The highest BCUT2D eigenvalue weighted by atomic mass is 32.2. The minimum Gasteiger partial charge on any atom is -0.349 e. The van der Waals surface area contributed by atoms with Crippen molar-refractivity contribution in [1.29, 1.82) is 0 Å². The molecule has 0 unspecified atom stereocenters. The maximum atomic E-state index is 13.7. The van der Waals surface area contributed by atoms with Gasteiger partial charge < -0.3 is 5.32 Å². The van der Waals surface area contributed by atoms with Crippen molar-refractivity contribution in [2.45, 2.75) is 17.9 Å². The molecule has 2 aromatic carbocycles. The molecule has 0 aromatic heterocycles. The number of nitrogens with one attached hydrogen (secondary N) is 1. The van der Waals surface area contributed by atoms with Crippen molar-refractivity contribution in [3.05, 3.63) is 69.8 Å². The quantitative estimate of drug-likeness (QED) is 0.487. The molecule has 2 aromatic rings. The molecule has 0 saturated carbocycles. The monoisotopic (exact) mass is 352 g/mol. The van der Waals surface area contributed by atoms with E-state index in [-0.39, 0.29) is 22.9 Å². The number of thioether (sulfide) groups is 1. The average molecular weight is 352 g/mol. The fraction of sp³-hybridized carbons (Fsp3) is 0.188. The zero-order valence-electron chi connectivity index (χ0n) is 12.7. The Morgan fingerprint density at radius 3 is 2.50 bits per heavy atom. The first-order chi connectivity index (χ1) is 11.4. The molecular weight excluding hydrogens is 338 g/mol. The van der Waals surface area contributed by atoms with E-state index in [2.05, 4.69) is 5.32 Å². The van der Waals surface area contributed by atoms with Crippen LogP contribution in [0.4, 0.5) is 14.5 Å². The largest absolute Gasteiger partial charge is 0.349 e. The van der Waals surface area contributed by atoms with Crippen molar-refractivity contribution in [2.24, 2.45) is 0 Å². The number of nitro groups is 1. The SMILES string of the molecule is C[C@@H](NC(=O)CSc1ccc([N+](=O)[O-])cc1)c1ccc(F)cc1F. The molecule has 5 nitrogen and oxygen atoms in total. The van der Waals surface area contributed by atoms with E-state index in [0.717, 1.165) is 12.1 Å². The van der Waals surface area contributed by atoms with E-state index in [1.54, 1.807) is 19.1 Å². The van der Waals surface area contributed by atoms with Gasteiger partial charge in [-0.3, -0.25) is 14.9 Å². The maximum absolute atomic E-state index is 13.7. The summed E-state index contributed by atoms with van der Waals surface area (Å²) in [4.78, 5) is 22.7. The number of benzene rings is 2. The van der Waals surface area contributed by atoms with Gasteiger partial charge in [0.15, 0.2) is 0 Å². The summed E-state index contributed by atoms with van der Waals surface area (Å²) in [5.41, 5.74) is 0.175. The highest BCUT2D eigenvalue weighted by molar-refractivity contribution is 8.00. The second kappa shape index (κ2) is 7.87. The highest BCUT2D eigenvalue weighted by Crippen LogP contribution is 2.22. The van der Waals surface area contributed by atoms with Crippen LogP contribution in [-0.2, 0) is 4.79 Å². The number of non-ortho nitro benzene ring substituents is 1. The van der Waals surface area contributed by atoms with Gasteiger partial charge in [0, 0.05) is 28.7 Å². The average Bonchev–Trinajstić information content (AvgIpc) is 2.53. The van der Waals surface area contributed by atoms with Gasteiger partial charge in [-0.2, -0.15) is 0 Å². The number of amides is 1. The number of hydrogen-bond donors (Lipinski definition) is 1. The summed E-state index contributed by atoms with van der Waals surface area (Å²) < 4.78 is 26.5. The molecule has 1 atom stereocenters. The molecule has 0 radical (unpaired) electrons. The Bertz CT molecular complexity index is 753. The van der Waals surface area contributed by atoms with Crippen molar-refractivity contribution < 1.29 is 18.5 Å². The molecule has 0 fully saturated rings. The second-order valence-electron chi connectivity index (χ2n) is 4.99. The number of nitro benzene ring substituents is 1. The number of nitrogens with zero attached hydrogens (tertiary/aromatic N) is 1. The van der Waals surface area contributed by atoms with E-state index < -0.39 is 22.6 Å². The summed E-state index contributed by atoms with van der Waals surface area (Å²) >= 11 is 1.20. The molecule has 24 heavy (non-hydrogen) atoms. The number of carbonyl (C=O) groups is 1. The molecule has 126 valence electrons. The van der Waals surface area contributed by atoms with Gasteiger partial charge in [0.05, 0.1) is 16.7 Å². The normalized spacial score (nSPS) is 11.8. The van der Waals surface area contributed by atoms with Crippen LogP contribution in [0.5, 0.6) is 0 Å². The maximum Gasteiger partial charge on any atom is 0.269 e. The summed E-state index contributed by atoms with van der Waals surface area (Å²) in [6.07, 6.45) is 0. The Hall–Kier alpha value is -2.48. The summed E-state index contributed by atoms with van der Waals surface area (Å²) in [6, 6.07) is 8.41. The van der Waals surface area contributed by atoms with Gasteiger partial charge in [-0.15, -0.1) is 11.8 Å². The van der Waals surface area contributed by atoms with Gasteiger partial charge in [-0.1, -0.05) is 6.07 Å². The lowest BCUT2D eigenvalue weighted by molar-refractivity contribution is -0.384. The minimum atomic E-state index is -0.717. The van der Waals surface area contributed by atoms with Crippen molar-refractivity contribution in [1.82, 2.24) is 5.32 Å². The highest BCUT2D eigenvalue weighted by Gasteiger charge is 2.14. The molecule has 8 heteroatoms. The predicted molar refractivity (Wildman–Crippen MR) is 86.7 cm³/mol. The van der Waals surface area contributed by atoms with Gasteiger partial charge in [0.25, 0.3) is 5.69 Å². The van der Waals surface area contributed by atoms with Crippen molar-refractivity contribution >= 4 is 23.4 Å².